The second-order valence-electron chi connectivity index (χ2n) is 7.17. The van der Waals surface area contributed by atoms with Crippen molar-refractivity contribution in [1.29, 1.82) is 0 Å². The maximum Gasteiger partial charge on any atom is 0.330 e. The van der Waals surface area contributed by atoms with Crippen LogP contribution in [0.3, 0.4) is 0 Å². The van der Waals surface area contributed by atoms with Crippen molar-refractivity contribution in [2.45, 2.75) is 65.3 Å². The Morgan fingerprint density at radius 3 is 2.30 bits per heavy atom. The van der Waals surface area contributed by atoms with Crippen LogP contribution >= 0.6 is 0 Å². The number of carbonyl (C=O) groups excluding carboxylic acids is 2. The van der Waals surface area contributed by atoms with Crippen LogP contribution < -0.4 is 0 Å². The lowest BCUT2D eigenvalue weighted by atomic mass is 10.0. The molecule has 0 aliphatic rings. The Bertz CT molecular complexity index is 433. The summed E-state index contributed by atoms with van der Waals surface area (Å²) in [6, 6.07) is 0. The van der Waals surface area contributed by atoms with Crippen molar-refractivity contribution in [1.82, 2.24) is 0 Å². The number of esters is 1. The molecule has 2 atom stereocenters. The second-order valence-corrected chi connectivity index (χ2v) is 11.9. The summed E-state index contributed by atoms with van der Waals surface area (Å²) in [5.41, 5.74) is 0. The summed E-state index contributed by atoms with van der Waals surface area (Å²) >= 11 is 0. The molecule has 0 bridgehead atoms. The lowest BCUT2D eigenvalue weighted by Gasteiger charge is -2.40. The number of ether oxygens (including phenoxy) is 1. The van der Waals surface area contributed by atoms with E-state index in [1.54, 1.807) is 19.1 Å². The van der Waals surface area contributed by atoms with Crippen LogP contribution in [0.5, 0.6) is 0 Å². The molecule has 0 saturated heterocycles. The summed E-state index contributed by atoms with van der Waals surface area (Å²) in [4.78, 5) is 22.2. The molecule has 0 aromatic rings. The quantitative estimate of drug-likeness (QED) is 0.207. The van der Waals surface area contributed by atoms with Crippen molar-refractivity contribution < 1.29 is 18.8 Å². The lowest BCUT2D eigenvalue weighted by Crippen LogP contribution is -2.45. The maximum absolute atomic E-state index is 11.2. The van der Waals surface area contributed by atoms with Crippen LogP contribution in [0.1, 0.15) is 41.0 Å². The molecule has 0 radical (unpaired) electrons. The first kappa shape index (κ1) is 21.8. The van der Waals surface area contributed by atoms with Gasteiger partial charge in [0.2, 0.25) is 0 Å². The molecule has 4 nitrogen and oxygen atoms in total. The maximum atomic E-state index is 11.2. The summed E-state index contributed by atoms with van der Waals surface area (Å²) in [7, 11) is -1.93. The van der Waals surface area contributed by atoms with Crippen LogP contribution in [0.15, 0.2) is 24.3 Å². The highest BCUT2D eigenvalue weighted by molar-refractivity contribution is 6.74. The second kappa shape index (κ2) is 9.83. The van der Waals surface area contributed by atoms with E-state index in [-0.39, 0.29) is 23.0 Å². The summed E-state index contributed by atoms with van der Waals surface area (Å²) in [5, 5.41) is 0.0986. The van der Waals surface area contributed by atoms with Gasteiger partial charge < -0.3 is 14.0 Å². The van der Waals surface area contributed by atoms with Gasteiger partial charge >= 0.3 is 5.97 Å². The molecule has 0 heterocycles. The molecular weight excluding hydrogens is 308 g/mol. The average Bonchev–Trinajstić information content (AvgIpc) is 2.41. The zero-order valence-electron chi connectivity index (χ0n) is 15.6. The van der Waals surface area contributed by atoms with E-state index in [1.807, 2.05) is 13.0 Å². The van der Waals surface area contributed by atoms with Gasteiger partial charge in [0.1, 0.15) is 6.29 Å². The summed E-state index contributed by atoms with van der Waals surface area (Å²) in [6.07, 6.45) is 7.94. The SMILES string of the molecule is CCOC(=O)/C=C\C=C\[C@@H](C)[C@H](CC=O)O[Si](C)(C)C(C)(C)C. The van der Waals surface area contributed by atoms with Gasteiger partial charge in [0, 0.05) is 12.5 Å². The average molecular weight is 341 g/mol. The summed E-state index contributed by atoms with van der Waals surface area (Å²) in [6.45, 7) is 15.1. The molecule has 0 aliphatic heterocycles. The van der Waals surface area contributed by atoms with Crippen molar-refractivity contribution in [3.63, 3.8) is 0 Å². The Balaban J connectivity index is 4.83. The lowest BCUT2D eigenvalue weighted by molar-refractivity contribution is -0.137. The van der Waals surface area contributed by atoms with Gasteiger partial charge in [0.15, 0.2) is 8.32 Å². The molecule has 0 N–H and O–H groups in total. The Morgan fingerprint density at radius 1 is 1.22 bits per heavy atom. The van der Waals surface area contributed by atoms with Gasteiger partial charge in [-0.2, -0.15) is 0 Å². The molecule has 0 aromatic carbocycles. The fraction of sp³-hybridized carbons (Fsp3) is 0.667. The highest BCUT2D eigenvalue weighted by Crippen LogP contribution is 2.38. The highest BCUT2D eigenvalue weighted by Gasteiger charge is 2.39. The summed E-state index contributed by atoms with van der Waals surface area (Å²) in [5.74, 6) is -0.270. The van der Waals surface area contributed by atoms with E-state index in [2.05, 4.69) is 33.9 Å². The molecule has 132 valence electrons. The minimum atomic E-state index is -1.93. The van der Waals surface area contributed by atoms with Crippen LogP contribution in [0.25, 0.3) is 0 Å². The van der Waals surface area contributed by atoms with Gasteiger partial charge in [-0.3, -0.25) is 0 Å². The molecule has 0 amide bonds. The van der Waals surface area contributed by atoms with Crippen molar-refractivity contribution >= 4 is 20.6 Å². The predicted molar refractivity (Wildman–Crippen MR) is 96.8 cm³/mol. The van der Waals surface area contributed by atoms with E-state index in [9.17, 15) is 9.59 Å². The third-order valence-corrected chi connectivity index (χ3v) is 8.72. The molecule has 5 heteroatoms. The fourth-order valence-electron chi connectivity index (χ4n) is 1.71. The zero-order chi connectivity index (χ0) is 18.1. The van der Waals surface area contributed by atoms with Gasteiger partial charge in [-0.05, 0) is 31.0 Å². The van der Waals surface area contributed by atoms with E-state index >= 15 is 0 Å². The molecule has 0 saturated carbocycles. The Kier molecular flexibility index (Phi) is 9.31. The van der Waals surface area contributed by atoms with Gasteiger partial charge in [-0.15, -0.1) is 0 Å². The third-order valence-electron chi connectivity index (χ3n) is 4.21. The minimum absolute atomic E-state index is 0.0844. The molecule has 0 aromatic heterocycles. The molecule has 0 spiro atoms. The normalized spacial score (nSPS) is 15.8. The largest absolute Gasteiger partial charge is 0.463 e. The Morgan fingerprint density at radius 2 is 1.83 bits per heavy atom. The van der Waals surface area contributed by atoms with Gasteiger partial charge in [-0.25, -0.2) is 4.79 Å². The topological polar surface area (TPSA) is 52.6 Å². The number of hydrogen-bond acceptors (Lipinski definition) is 4. The van der Waals surface area contributed by atoms with E-state index < -0.39 is 8.32 Å². The first-order valence-electron chi connectivity index (χ1n) is 8.18. The number of rotatable bonds is 9. The van der Waals surface area contributed by atoms with Crippen LogP contribution in [-0.2, 0) is 18.8 Å². The van der Waals surface area contributed by atoms with Crippen LogP contribution in [-0.4, -0.2) is 33.3 Å². The predicted octanol–water partition coefficient (Wildman–Crippen LogP) is 4.28. The first-order valence-corrected chi connectivity index (χ1v) is 11.1. The highest BCUT2D eigenvalue weighted by atomic mass is 28.4. The van der Waals surface area contributed by atoms with Crippen molar-refractivity contribution in [2.24, 2.45) is 5.92 Å². The van der Waals surface area contributed by atoms with Gasteiger partial charge in [0.25, 0.3) is 0 Å². The van der Waals surface area contributed by atoms with E-state index in [4.69, 9.17) is 9.16 Å². The van der Waals surface area contributed by atoms with Crippen LogP contribution in [0, 0.1) is 5.92 Å². The van der Waals surface area contributed by atoms with Gasteiger partial charge in [-0.1, -0.05) is 45.9 Å². The van der Waals surface area contributed by atoms with E-state index in [0.29, 0.717) is 13.0 Å². The van der Waals surface area contributed by atoms with Crippen LogP contribution in [0.4, 0.5) is 0 Å². The Labute approximate surface area is 142 Å². The van der Waals surface area contributed by atoms with Crippen LogP contribution in [0.2, 0.25) is 18.1 Å². The number of aldehydes is 1. The van der Waals surface area contributed by atoms with Crippen molar-refractivity contribution in [2.75, 3.05) is 6.61 Å². The minimum Gasteiger partial charge on any atom is -0.463 e. The fourth-order valence-corrected chi connectivity index (χ4v) is 3.13. The molecule has 23 heavy (non-hydrogen) atoms. The van der Waals surface area contributed by atoms with Crippen molar-refractivity contribution in [3.05, 3.63) is 24.3 Å². The standard InChI is InChI=1S/C18H32O4Si/c1-8-21-17(20)12-10-9-11-15(2)16(13-14-19)22-23(6,7)18(3,4)5/h9-12,14-16H,8,13H2,1-7H3/b11-9+,12-10-/t15-,16+/m1/s1. The molecule has 0 rings (SSSR count). The van der Waals surface area contributed by atoms with Crippen molar-refractivity contribution in [3.8, 4) is 0 Å². The van der Waals surface area contributed by atoms with E-state index in [0.717, 1.165) is 6.29 Å². The molecule has 0 fully saturated rings. The molecular formula is C18H32O4Si. The number of allylic oxidation sites excluding steroid dienone is 2. The number of carbonyl (C=O) groups is 2. The summed E-state index contributed by atoms with van der Waals surface area (Å²) < 4.78 is 11.2. The Hall–Kier alpha value is -1.20. The zero-order valence-corrected chi connectivity index (χ0v) is 16.6. The molecule has 0 aliphatic carbocycles. The molecule has 0 unspecified atom stereocenters. The third kappa shape index (κ3) is 8.28. The monoisotopic (exact) mass is 340 g/mol. The smallest absolute Gasteiger partial charge is 0.330 e. The van der Waals surface area contributed by atoms with E-state index in [1.165, 1.54) is 6.08 Å². The number of hydrogen-bond donors (Lipinski definition) is 0. The van der Waals surface area contributed by atoms with Gasteiger partial charge in [0.05, 0.1) is 12.7 Å². The first-order chi connectivity index (χ1) is 10.5.